The van der Waals surface area contributed by atoms with Crippen LogP contribution >= 0.6 is 0 Å². The number of nitrogens with one attached hydrogen (secondary N) is 4. The molecule has 0 bridgehead atoms. The fourth-order valence-corrected chi connectivity index (χ4v) is 8.10. The van der Waals surface area contributed by atoms with Gasteiger partial charge in [-0.25, -0.2) is 14.6 Å². The van der Waals surface area contributed by atoms with Gasteiger partial charge >= 0.3 is 12.1 Å². The Bertz CT molecular complexity index is 2300. The van der Waals surface area contributed by atoms with Gasteiger partial charge in [-0.1, -0.05) is 36.4 Å². The highest BCUT2D eigenvalue weighted by molar-refractivity contribution is 6.04. The summed E-state index contributed by atoms with van der Waals surface area (Å²) in [6.07, 6.45) is -0.952. The van der Waals surface area contributed by atoms with Crippen LogP contribution in [0, 0.1) is 0 Å². The summed E-state index contributed by atoms with van der Waals surface area (Å²) in [6, 6.07) is 15.6. The Balaban J connectivity index is 1.09. The van der Waals surface area contributed by atoms with E-state index in [4.69, 9.17) is 9.97 Å². The second-order valence-corrected chi connectivity index (χ2v) is 15.0. The fraction of sp³-hybridized carbons (Fsp3) is 0.350. The molecular formula is C40H44N10O9. The van der Waals surface area contributed by atoms with Gasteiger partial charge in [-0.05, 0) is 65.9 Å². The van der Waals surface area contributed by atoms with Gasteiger partial charge in [-0.15, -0.1) is 0 Å². The summed E-state index contributed by atoms with van der Waals surface area (Å²) in [7, 11) is 0. The lowest BCUT2D eigenvalue weighted by Gasteiger charge is -2.24. The zero-order valence-electron chi connectivity index (χ0n) is 31.6. The van der Waals surface area contributed by atoms with Crippen LogP contribution in [0.5, 0.6) is 17.2 Å². The predicted octanol–water partition coefficient (Wildman–Crippen LogP) is 1.21. The number of fused-ring (bicyclic) bond motifs is 1. The molecule has 4 heterocycles. The molecule has 5 amide bonds. The van der Waals surface area contributed by atoms with Crippen LogP contribution in [0.25, 0.3) is 11.2 Å². The van der Waals surface area contributed by atoms with Crippen molar-refractivity contribution < 1.29 is 45.0 Å². The van der Waals surface area contributed by atoms with E-state index in [1.165, 1.54) is 6.33 Å². The molecule has 2 saturated heterocycles. The molecule has 0 spiro atoms. The van der Waals surface area contributed by atoms with E-state index < -0.39 is 48.9 Å². The molecule has 2 aromatic heterocycles. The number of aromatic hydroxyl groups is 3. The van der Waals surface area contributed by atoms with Crippen LogP contribution in [0.15, 0.2) is 79.1 Å². The lowest BCUT2D eigenvalue weighted by Crippen LogP contribution is -2.47. The summed E-state index contributed by atoms with van der Waals surface area (Å²) in [5, 5.41) is 73.6. The summed E-state index contributed by atoms with van der Waals surface area (Å²) in [5.74, 6) is -0.0416. The van der Waals surface area contributed by atoms with Crippen molar-refractivity contribution in [2.75, 3.05) is 36.5 Å². The van der Waals surface area contributed by atoms with Gasteiger partial charge in [-0.2, -0.15) is 9.97 Å². The molecule has 10 N–H and O–H groups in total. The third-order valence-corrected chi connectivity index (χ3v) is 11.2. The van der Waals surface area contributed by atoms with Crippen LogP contribution in [0.1, 0.15) is 41.5 Å². The second-order valence-electron chi connectivity index (χ2n) is 15.0. The zero-order chi connectivity index (χ0) is 41.4. The van der Waals surface area contributed by atoms with Crippen molar-refractivity contribution in [2.24, 2.45) is 0 Å². The highest BCUT2D eigenvalue weighted by Crippen LogP contribution is 2.38. The molecule has 308 valence electrons. The Morgan fingerprint density at radius 2 is 1.59 bits per heavy atom. The minimum absolute atomic E-state index is 0.0373. The molecule has 0 radical (unpaired) electrons. The van der Waals surface area contributed by atoms with Crippen molar-refractivity contribution in [1.29, 1.82) is 0 Å². The van der Waals surface area contributed by atoms with E-state index in [1.807, 2.05) is 4.90 Å². The summed E-state index contributed by atoms with van der Waals surface area (Å²) >= 11 is 0. The average Bonchev–Trinajstić information content (AvgIpc) is 4.00. The number of aliphatic hydroxyl groups is 3. The summed E-state index contributed by atoms with van der Waals surface area (Å²) in [4.78, 5) is 55.8. The number of carbonyl (C=O) groups excluding carboxylic acids is 3. The van der Waals surface area contributed by atoms with E-state index in [0.717, 1.165) is 21.6 Å². The Hall–Kier alpha value is -6.70. The Morgan fingerprint density at radius 3 is 2.25 bits per heavy atom. The number of hydrogen-bond donors (Lipinski definition) is 10. The molecular weight excluding hydrogens is 765 g/mol. The number of hydrogen-bond acceptors (Lipinski definition) is 14. The van der Waals surface area contributed by atoms with Crippen molar-refractivity contribution in [3.63, 3.8) is 0 Å². The van der Waals surface area contributed by atoms with Crippen molar-refractivity contribution in [1.82, 2.24) is 40.4 Å². The number of phenolic OH excluding ortho intramolecular Hbond substituents is 3. The number of aliphatic hydroxyl groups excluding tert-OH is 3. The Kier molecular flexibility index (Phi) is 10.8. The SMILES string of the molecule is O=C(NCc1cccc(O)c1)NC1CCN(c2nc(NCC(c3ccc(O)cc3)c3ccc(O)cc3)c3ncn([C@@H]4C[C@H](N5C(=O)N[C@H](CO)C5=O)[C@@H](O)[C@H]4O)c3n2)C1. The molecule has 19 nitrogen and oxygen atoms in total. The van der Waals surface area contributed by atoms with Gasteiger partial charge in [-0.3, -0.25) is 9.69 Å². The molecule has 3 aromatic carbocycles. The first-order valence-electron chi connectivity index (χ1n) is 19.2. The summed E-state index contributed by atoms with van der Waals surface area (Å²) in [5.41, 5.74) is 3.10. The van der Waals surface area contributed by atoms with E-state index in [1.54, 1.807) is 77.4 Å². The first kappa shape index (κ1) is 39.1. The minimum Gasteiger partial charge on any atom is -0.508 e. The first-order chi connectivity index (χ1) is 28.5. The zero-order valence-corrected chi connectivity index (χ0v) is 31.6. The van der Waals surface area contributed by atoms with E-state index in [9.17, 15) is 45.0 Å². The third kappa shape index (κ3) is 7.94. The maximum Gasteiger partial charge on any atom is 0.325 e. The van der Waals surface area contributed by atoms with Gasteiger partial charge in [0.05, 0.1) is 25.0 Å². The van der Waals surface area contributed by atoms with Crippen molar-refractivity contribution in [3.8, 4) is 17.2 Å². The van der Waals surface area contributed by atoms with E-state index >= 15 is 0 Å². The fourth-order valence-electron chi connectivity index (χ4n) is 8.10. The van der Waals surface area contributed by atoms with E-state index in [2.05, 4.69) is 26.3 Å². The van der Waals surface area contributed by atoms with Crippen LogP contribution in [-0.2, 0) is 11.3 Å². The Morgan fingerprint density at radius 1 is 0.898 bits per heavy atom. The number of rotatable bonds is 12. The molecule has 2 aliphatic heterocycles. The molecule has 6 atom stereocenters. The third-order valence-electron chi connectivity index (χ3n) is 11.2. The molecule has 5 aromatic rings. The smallest absolute Gasteiger partial charge is 0.325 e. The molecule has 3 fully saturated rings. The van der Waals surface area contributed by atoms with Crippen LogP contribution in [-0.4, -0.2) is 130 Å². The topological polar surface area (TPSA) is 271 Å². The highest BCUT2D eigenvalue weighted by atomic mass is 16.3. The number of imide groups is 1. The van der Waals surface area contributed by atoms with E-state index in [0.29, 0.717) is 42.4 Å². The molecule has 8 rings (SSSR count). The Labute approximate surface area is 337 Å². The maximum absolute atomic E-state index is 13.0. The highest BCUT2D eigenvalue weighted by Gasteiger charge is 2.52. The standard InChI is InChI=1S/C40H44N10O9/c51-19-29-37(57)50(40(59)45-29)31-15-30(33(55)34(31)56)49-20-43-32-35(41-17-28(22-4-8-25(52)9-5-22)23-6-10-26(53)11-7-23)46-38(47-36(32)49)48-13-12-24(18-48)44-39(58)42-16-21-2-1-3-27(54)14-21/h1-11,14,20,24,28-31,33-34,51-56H,12-13,15-19H2,(H,45,59)(H,41,46,47)(H2,42,44,58)/t24?,29-,30-,31+,33+,34-/m1/s1. The number of amides is 5. The number of nitrogens with zero attached hydrogens (tertiary/aromatic N) is 6. The lowest BCUT2D eigenvalue weighted by molar-refractivity contribution is -0.131. The van der Waals surface area contributed by atoms with Gasteiger partial charge in [0.2, 0.25) is 5.95 Å². The molecule has 1 aliphatic carbocycles. The average molecular weight is 809 g/mol. The number of benzene rings is 3. The molecule has 1 saturated carbocycles. The largest absolute Gasteiger partial charge is 0.508 e. The second kappa shape index (κ2) is 16.3. The number of anilines is 2. The number of carbonyl (C=O) groups is 3. The van der Waals surface area contributed by atoms with Gasteiger partial charge in [0, 0.05) is 38.1 Å². The van der Waals surface area contributed by atoms with Crippen LogP contribution < -0.4 is 26.2 Å². The van der Waals surface area contributed by atoms with Gasteiger partial charge in [0.15, 0.2) is 17.0 Å². The summed E-state index contributed by atoms with van der Waals surface area (Å²) < 4.78 is 1.60. The van der Waals surface area contributed by atoms with Gasteiger partial charge < -0.3 is 61.4 Å². The molecule has 19 heteroatoms. The predicted molar refractivity (Wildman–Crippen MR) is 212 cm³/mol. The quantitative estimate of drug-likeness (QED) is 0.0795. The number of urea groups is 2. The monoisotopic (exact) mass is 808 g/mol. The minimum atomic E-state index is -1.51. The van der Waals surface area contributed by atoms with E-state index in [-0.39, 0.29) is 54.7 Å². The van der Waals surface area contributed by atoms with Crippen LogP contribution in [0.4, 0.5) is 21.4 Å². The van der Waals surface area contributed by atoms with Crippen LogP contribution in [0.2, 0.25) is 0 Å². The maximum atomic E-state index is 13.0. The molecule has 1 unspecified atom stereocenters. The summed E-state index contributed by atoms with van der Waals surface area (Å²) in [6.45, 7) is 0.710. The normalized spacial score (nSPS) is 23.0. The molecule has 59 heavy (non-hydrogen) atoms. The lowest BCUT2D eigenvalue weighted by atomic mass is 9.91. The number of phenols is 3. The van der Waals surface area contributed by atoms with Gasteiger partial charge in [0.1, 0.15) is 35.5 Å². The number of aromatic nitrogens is 4. The molecule has 3 aliphatic rings. The van der Waals surface area contributed by atoms with Gasteiger partial charge in [0.25, 0.3) is 5.91 Å². The van der Waals surface area contributed by atoms with Crippen molar-refractivity contribution in [3.05, 3.63) is 95.8 Å². The first-order valence-corrected chi connectivity index (χ1v) is 19.2. The number of imidazole rings is 1. The van der Waals surface area contributed by atoms with Crippen molar-refractivity contribution in [2.45, 2.75) is 61.7 Å². The van der Waals surface area contributed by atoms with Crippen molar-refractivity contribution >= 4 is 40.9 Å². The van der Waals surface area contributed by atoms with Crippen LogP contribution in [0.3, 0.4) is 0 Å².